The summed E-state index contributed by atoms with van der Waals surface area (Å²) in [7, 11) is 0. The minimum absolute atomic E-state index is 0.0933. The molecule has 0 heterocycles. The number of fused-ring (bicyclic) bond motifs is 8. The van der Waals surface area contributed by atoms with Gasteiger partial charge < -0.3 is 0 Å². The highest BCUT2D eigenvalue weighted by Gasteiger charge is 2.32. The van der Waals surface area contributed by atoms with Crippen LogP contribution in [0.5, 0.6) is 0 Å². The summed E-state index contributed by atoms with van der Waals surface area (Å²) in [6.45, 7) is 0. The quantitative estimate of drug-likeness (QED) is 0.152. The fourth-order valence-electron chi connectivity index (χ4n) is 7.16. The average Bonchev–Trinajstić information content (AvgIpc) is 3.14. The average molecular weight is 932 g/mol. The number of hydrogen-bond acceptors (Lipinski definition) is 4. The highest BCUT2D eigenvalue weighted by molar-refractivity contribution is 9.11. The Hall–Kier alpha value is -4.60. The normalized spacial score (nSPS) is 13.2. The Bertz CT molecular complexity index is 2780. The Morgan fingerprint density at radius 3 is 0.596 bits per heavy atom. The predicted octanol–water partition coefficient (Wildman–Crippen LogP) is 12.6. The first-order valence-electron chi connectivity index (χ1n) is 16.1. The van der Waals surface area contributed by atoms with Gasteiger partial charge in [0.25, 0.3) is 0 Å². The molecule has 0 aromatic heterocycles. The third-order valence-electron chi connectivity index (χ3n) is 9.71. The van der Waals surface area contributed by atoms with Crippen LogP contribution in [0.1, 0.15) is 63.7 Å². The summed E-state index contributed by atoms with van der Waals surface area (Å²) in [6, 6.07) is 38.0. The van der Waals surface area contributed by atoms with Crippen molar-refractivity contribution in [3.63, 3.8) is 0 Å². The predicted molar refractivity (Wildman–Crippen MR) is 220 cm³/mol. The standard InChI is InChI=1S/2C22H10Br2O2/c23-15-3-1-11-7-17-19(9-13(11)5-15)22(26)18-8-12-2-4-16(24)6-14(12)10-20(18)21(17)25;23-15-3-1-11-7-17-19(9-13(11)5-15)22(26)20-10-14-6-16(24)4-2-12(14)8-18(20)21(17)25/h2*1-10H. The van der Waals surface area contributed by atoms with E-state index < -0.39 is 0 Å². The van der Waals surface area contributed by atoms with Gasteiger partial charge in [0.15, 0.2) is 23.1 Å². The maximum Gasteiger partial charge on any atom is 0.194 e. The van der Waals surface area contributed by atoms with E-state index in [1.54, 1.807) is 0 Å². The molecule has 0 saturated carbocycles. The van der Waals surface area contributed by atoms with Crippen LogP contribution in [0.3, 0.4) is 0 Å². The number of carbonyl (C=O) groups is 4. The van der Waals surface area contributed by atoms with Gasteiger partial charge in [-0.3, -0.25) is 19.2 Å². The topological polar surface area (TPSA) is 68.3 Å². The molecule has 4 nitrogen and oxygen atoms in total. The lowest BCUT2D eigenvalue weighted by molar-refractivity contribution is 0.0979. The van der Waals surface area contributed by atoms with E-state index in [0.29, 0.717) is 44.5 Å². The summed E-state index contributed by atoms with van der Waals surface area (Å²) < 4.78 is 3.76. The fourth-order valence-corrected chi connectivity index (χ4v) is 8.67. The second-order valence-corrected chi connectivity index (χ2v) is 16.5. The maximum absolute atomic E-state index is 13.1. The molecule has 248 valence electrons. The molecular formula is C44H20Br4O4. The number of ketones is 4. The molecule has 52 heavy (non-hydrogen) atoms. The van der Waals surface area contributed by atoms with Gasteiger partial charge in [-0.15, -0.1) is 0 Å². The van der Waals surface area contributed by atoms with Crippen LogP contribution >= 0.6 is 63.7 Å². The SMILES string of the molecule is O=C1c2cc3ccc(Br)cc3cc2C(=O)c2cc3cc(Br)ccc3cc21.O=C1c2cc3ccc(Br)cc3cc2C(=O)c2cc3ccc(Br)cc3cc21. The lowest BCUT2D eigenvalue weighted by atomic mass is 9.81. The zero-order chi connectivity index (χ0) is 36.0. The van der Waals surface area contributed by atoms with Crippen LogP contribution in [0.4, 0.5) is 0 Å². The van der Waals surface area contributed by atoms with Crippen molar-refractivity contribution in [2.45, 2.75) is 0 Å². The van der Waals surface area contributed by atoms with Crippen molar-refractivity contribution >= 4 is 130 Å². The molecule has 0 atom stereocenters. The van der Waals surface area contributed by atoms with Crippen molar-refractivity contribution in [3.05, 3.63) is 184 Å². The van der Waals surface area contributed by atoms with Crippen LogP contribution < -0.4 is 0 Å². The first kappa shape index (κ1) is 33.3. The highest BCUT2D eigenvalue weighted by Crippen LogP contribution is 2.36. The van der Waals surface area contributed by atoms with Crippen molar-refractivity contribution in [2.24, 2.45) is 0 Å². The summed E-state index contributed by atoms with van der Waals surface area (Å²) in [5.74, 6) is -0.384. The summed E-state index contributed by atoms with van der Waals surface area (Å²) >= 11 is 13.8. The maximum atomic E-state index is 13.1. The second kappa shape index (κ2) is 12.5. The number of rotatable bonds is 0. The van der Waals surface area contributed by atoms with Crippen LogP contribution in [0.15, 0.2) is 139 Å². The second-order valence-electron chi connectivity index (χ2n) is 12.9. The van der Waals surface area contributed by atoms with Gasteiger partial charge >= 0.3 is 0 Å². The molecule has 8 aromatic carbocycles. The van der Waals surface area contributed by atoms with E-state index in [1.807, 2.05) is 121 Å². The zero-order valence-corrected chi connectivity index (χ0v) is 33.0. The molecule has 8 heteroatoms. The van der Waals surface area contributed by atoms with E-state index in [-0.39, 0.29) is 23.1 Å². The Kier molecular flexibility index (Phi) is 8.01. The van der Waals surface area contributed by atoms with Crippen molar-refractivity contribution in [1.82, 2.24) is 0 Å². The minimum Gasteiger partial charge on any atom is -0.289 e. The lowest BCUT2D eigenvalue weighted by Gasteiger charge is -2.19. The smallest absolute Gasteiger partial charge is 0.194 e. The van der Waals surface area contributed by atoms with Crippen LogP contribution in [-0.2, 0) is 0 Å². The molecule has 0 amide bonds. The molecule has 0 N–H and O–H groups in total. The van der Waals surface area contributed by atoms with Crippen LogP contribution in [0, 0.1) is 0 Å². The van der Waals surface area contributed by atoms with Crippen LogP contribution in [0.2, 0.25) is 0 Å². The largest absolute Gasteiger partial charge is 0.289 e. The molecule has 0 aliphatic heterocycles. The van der Waals surface area contributed by atoms with E-state index in [1.165, 1.54) is 0 Å². The third-order valence-corrected chi connectivity index (χ3v) is 11.7. The number of halogens is 4. The van der Waals surface area contributed by atoms with Gasteiger partial charge in [0.05, 0.1) is 0 Å². The molecule has 8 aromatic rings. The zero-order valence-electron chi connectivity index (χ0n) is 26.7. The Morgan fingerprint density at radius 2 is 0.404 bits per heavy atom. The van der Waals surface area contributed by atoms with E-state index >= 15 is 0 Å². The van der Waals surface area contributed by atoms with Gasteiger partial charge in [-0.25, -0.2) is 0 Å². The van der Waals surface area contributed by atoms with E-state index in [0.717, 1.165) is 61.0 Å². The van der Waals surface area contributed by atoms with Gasteiger partial charge in [-0.05, 0) is 140 Å². The van der Waals surface area contributed by atoms with E-state index in [9.17, 15) is 19.2 Å². The summed E-state index contributed by atoms with van der Waals surface area (Å²) in [4.78, 5) is 52.5. The van der Waals surface area contributed by atoms with Crippen molar-refractivity contribution in [2.75, 3.05) is 0 Å². The number of benzene rings is 8. The van der Waals surface area contributed by atoms with Gasteiger partial charge in [-0.2, -0.15) is 0 Å². The van der Waals surface area contributed by atoms with Crippen molar-refractivity contribution < 1.29 is 19.2 Å². The first-order valence-corrected chi connectivity index (χ1v) is 19.3. The third kappa shape index (κ3) is 5.51. The molecule has 0 radical (unpaired) electrons. The Labute approximate surface area is 330 Å². The molecule has 0 fully saturated rings. The van der Waals surface area contributed by atoms with Crippen molar-refractivity contribution in [3.8, 4) is 0 Å². The summed E-state index contributed by atoms with van der Waals surface area (Å²) in [5.41, 5.74) is 3.82. The fraction of sp³-hybridized carbons (Fsp3) is 0. The first-order chi connectivity index (χ1) is 25.0. The van der Waals surface area contributed by atoms with Gasteiger partial charge in [0.2, 0.25) is 0 Å². The lowest BCUT2D eigenvalue weighted by Crippen LogP contribution is -2.20. The van der Waals surface area contributed by atoms with Crippen molar-refractivity contribution in [1.29, 1.82) is 0 Å². The molecule has 2 aliphatic carbocycles. The molecule has 0 saturated heterocycles. The molecule has 0 unspecified atom stereocenters. The van der Waals surface area contributed by atoms with Crippen LogP contribution in [-0.4, -0.2) is 23.1 Å². The molecule has 10 rings (SSSR count). The molecule has 0 bridgehead atoms. The highest BCUT2D eigenvalue weighted by atomic mass is 79.9. The molecular weight excluding hydrogens is 912 g/mol. The summed E-state index contributed by atoms with van der Waals surface area (Å²) in [6.07, 6.45) is 0. The van der Waals surface area contributed by atoms with E-state index in [4.69, 9.17) is 0 Å². The molecule has 2 aliphatic rings. The van der Waals surface area contributed by atoms with Gasteiger partial charge in [-0.1, -0.05) is 88.0 Å². The summed E-state index contributed by atoms with van der Waals surface area (Å²) in [5, 5.41) is 7.53. The minimum atomic E-state index is -0.0987. The Morgan fingerprint density at radius 1 is 0.231 bits per heavy atom. The number of hydrogen-bond donors (Lipinski definition) is 0. The van der Waals surface area contributed by atoms with Crippen LogP contribution in [0.25, 0.3) is 43.1 Å². The van der Waals surface area contributed by atoms with E-state index in [2.05, 4.69) is 63.7 Å². The Balaban J connectivity index is 0.000000138. The molecule has 0 spiro atoms. The van der Waals surface area contributed by atoms with Gasteiger partial charge in [0.1, 0.15) is 0 Å². The number of carbonyl (C=O) groups excluding carboxylic acids is 4. The monoisotopic (exact) mass is 928 g/mol. The van der Waals surface area contributed by atoms with Gasteiger partial charge in [0, 0.05) is 62.4 Å².